The molecule has 5 rings (SSSR count). The van der Waals surface area contributed by atoms with Crippen LogP contribution in [-0.2, 0) is 13.6 Å². The molecule has 11 heteroatoms. The van der Waals surface area contributed by atoms with Gasteiger partial charge in [-0.05, 0) is 43.5 Å². The monoisotopic (exact) mass is 621 g/mol. The number of nitrogens with zero attached hydrogens (tertiary/aromatic N) is 3. The van der Waals surface area contributed by atoms with E-state index in [4.69, 9.17) is 32.9 Å². The van der Waals surface area contributed by atoms with Crippen LogP contribution >= 0.6 is 23.2 Å². The number of rotatable bonds is 8. The fourth-order valence-corrected chi connectivity index (χ4v) is 6.02. The molecule has 1 unspecified atom stereocenters. The number of hydrogen-bond donors (Lipinski definition) is 3. The summed E-state index contributed by atoms with van der Waals surface area (Å²) in [7, 11) is 3.06. The molecule has 2 atom stereocenters. The Balaban J connectivity index is 1.44. The molecule has 4 aromatic rings. The number of methoxy groups -OCH3 is 1. The number of hydrogen-bond acceptors (Lipinski definition) is 7. The standard InChI is InChI=1S/C32H33Cl2N5O4/c1-18-16-26(38-31(43-3)23(18)17-35-24-11-4-5-13-27(24)40)21-10-6-8-19(28(21)33)20-9-7-12-25(29(20)34)37-30(41)22-14-15-36-39(2)32(22)42/h6-10,12,14-16,24,27,35,40H,4-5,11,13,17H2,1-3H3,(H,37,41)/t24?,27-/m0/s1. The van der Waals surface area contributed by atoms with Crippen molar-refractivity contribution in [2.75, 3.05) is 12.4 Å². The first-order valence-corrected chi connectivity index (χ1v) is 14.8. The lowest BCUT2D eigenvalue weighted by molar-refractivity contribution is 0.0901. The summed E-state index contributed by atoms with van der Waals surface area (Å²) in [4.78, 5) is 30.0. The molecule has 0 aliphatic heterocycles. The zero-order valence-electron chi connectivity index (χ0n) is 24.2. The molecular formula is C32H33Cl2N5O4. The van der Waals surface area contributed by atoms with Crippen LogP contribution in [0.15, 0.2) is 59.5 Å². The number of nitrogens with one attached hydrogen (secondary N) is 2. The number of aliphatic hydroxyl groups excluding tert-OH is 1. The van der Waals surface area contributed by atoms with Crippen LogP contribution in [0.3, 0.4) is 0 Å². The number of halogens is 2. The summed E-state index contributed by atoms with van der Waals surface area (Å²) in [5, 5.41) is 21.1. The van der Waals surface area contributed by atoms with E-state index in [0.29, 0.717) is 45.5 Å². The van der Waals surface area contributed by atoms with Crippen LogP contribution in [-0.4, -0.2) is 45.0 Å². The van der Waals surface area contributed by atoms with Crippen molar-refractivity contribution in [1.29, 1.82) is 0 Å². The van der Waals surface area contributed by atoms with Gasteiger partial charge in [-0.25, -0.2) is 9.67 Å². The lowest BCUT2D eigenvalue weighted by Crippen LogP contribution is -2.41. The molecule has 0 radical (unpaired) electrons. The number of benzene rings is 2. The fourth-order valence-electron chi connectivity index (χ4n) is 5.42. The van der Waals surface area contributed by atoms with Crippen LogP contribution in [0.1, 0.15) is 47.2 Å². The molecule has 2 aromatic carbocycles. The van der Waals surface area contributed by atoms with Gasteiger partial charge < -0.3 is 20.5 Å². The highest BCUT2D eigenvalue weighted by Crippen LogP contribution is 2.41. The van der Waals surface area contributed by atoms with Gasteiger partial charge in [0.1, 0.15) is 5.56 Å². The minimum absolute atomic E-state index is 0.0454. The Morgan fingerprint density at radius 3 is 2.51 bits per heavy atom. The molecule has 224 valence electrons. The Morgan fingerprint density at radius 1 is 1.07 bits per heavy atom. The molecule has 2 aromatic heterocycles. The molecule has 0 spiro atoms. The molecular weight excluding hydrogens is 589 g/mol. The lowest BCUT2D eigenvalue weighted by Gasteiger charge is -2.29. The predicted molar refractivity (Wildman–Crippen MR) is 169 cm³/mol. The molecule has 0 saturated heterocycles. The smallest absolute Gasteiger partial charge is 0.279 e. The first-order valence-electron chi connectivity index (χ1n) is 14.1. The molecule has 9 nitrogen and oxygen atoms in total. The highest BCUT2D eigenvalue weighted by Gasteiger charge is 2.24. The van der Waals surface area contributed by atoms with Gasteiger partial charge in [0.05, 0.1) is 34.6 Å². The van der Waals surface area contributed by atoms with Gasteiger partial charge in [0.15, 0.2) is 0 Å². The number of aryl methyl sites for hydroxylation is 2. The van der Waals surface area contributed by atoms with Crippen molar-refractivity contribution in [2.45, 2.75) is 51.3 Å². The summed E-state index contributed by atoms with van der Waals surface area (Å²) in [5.41, 5.74) is 4.24. The van der Waals surface area contributed by atoms with E-state index in [-0.39, 0.29) is 22.7 Å². The van der Waals surface area contributed by atoms with Crippen molar-refractivity contribution in [3.63, 3.8) is 0 Å². The Morgan fingerprint density at radius 2 is 1.77 bits per heavy atom. The van der Waals surface area contributed by atoms with Crippen LogP contribution in [0.25, 0.3) is 22.4 Å². The molecule has 1 aliphatic carbocycles. The quantitative estimate of drug-likeness (QED) is 0.228. The van der Waals surface area contributed by atoms with Crippen LogP contribution < -0.4 is 20.9 Å². The highest BCUT2D eigenvalue weighted by atomic mass is 35.5. The number of pyridine rings is 1. The Hall–Kier alpha value is -3.76. The number of aliphatic hydroxyl groups is 1. The van der Waals surface area contributed by atoms with Gasteiger partial charge in [-0.15, -0.1) is 0 Å². The molecule has 1 saturated carbocycles. The van der Waals surface area contributed by atoms with Crippen LogP contribution in [0, 0.1) is 6.92 Å². The third-order valence-electron chi connectivity index (χ3n) is 7.84. The Kier molecular flexibility index (Phi) is 9.46. The molecule has 43 heavy (non-hydrogen) atoms. The zero-order chi connectivity index (χ0) is 30.7. The maximum Gasteiger partial charge on any atom is 0.279 e. The average Bonchev–Trinajstić information content (AvgIpc) is 2.99. The molecule has 2 heterocycles. The summed E-state index contributed by atoms with van der Waals surface area (Å²) >= 11 is 13.8. The van der Waals surface area contributed by atoms with Crippen molar-refractivity contribution in [1.82, 2.24) is 20.1 Å². The van der Waals surface area contributed by atoms with Crippen molar-refractivity contribution in [3.05, 3.63) is 91.8 Å². The van der Waals surface area contributed by atoms with Gasteiger partial charge in [-0.3, -0.25) is 9.59 Å². The minimum atomic E-state index is -0.596. The summed E-state index contributed by atoms with van der Waals surface area (Å²) in [6.07, 6.45) is 4.93. The first kappa shape index (κ1) is 30.7. The van der Waals surface area contributed by atoms with Crippen molar-refractivity contribution >= 4 is 34.8 Å². The number of carbonyl (C=O) groups excluding carboxylic acids is 1. The lowest BCUT2D eigenvalue weighted by atomic mass is 9.92. The summed E-state index contributed by atoms with van der Waals surface area (Å²) in [5.74, 6) is -0.111. The second-order valence-electron chi connectivity index (χ2n) is 10.6. The van der Waals surface area contributed by atoms with Crippen LogP contribution in [0.2, 0.25) is 10.0 Å². The van der Waals surface area contributed by atoms with Gasteiger partial charge in [0.25, 0.3) is 11.5 Å². The number of anilines is 1. The normalized spacial score (nSPS) is 16.6. The largest absolute Gasteiger partial charge is 0.481 e. The Bertz CT molecular complexity index is 1720. The predicted octanol–water partition coefficient (Wildman–Crippen LogP) is 5.78. The van der Waals surface area contributed by atoms with Gasteiger partial charge in [-0.2, -0.15) is 5.10 Å². The van der Waals surface area contributed by atoms with Crippen molar-refractivity contribution in [3.8, 4) is 28.3 Å². The highest BCUT2D eigenvalue weighted by molar-refractivity contribution is 6.39. The van der Waals surface area contributed by atoms with E-state index in [1.165, 1.54) is 19.3 Å². The topological polar surface area (TPSA) is 118 Å². The number of amides is 1. The van der Waals surface area contributed by atoms with Gasteiger partial charge in [0.2, 0.25) is 5.88 Å². The maximum atomic E-state index is 12.9. The molecule has 0 bridgehead atoms. The van der Waals surface area contributed by atoms with E-state index in [1.54, 1.807) is 19.2 Å². The van der Waals surface area contributed by atoms with Crippen molar-refractivity contribution < 1.29 is 14.6 Å². The van der Waals surface area contributed by atoms with Crippen molar-refractivity contribution in [2.24, 2.45) is 7.05 Å². The third kappa shape index (κ3) is 6.45. The van der Waals surface area contributed by atoms with E-state index in [2.05, 4.69) is 15.7 Å². The zero-order valence-corrected chi connectivity index (χ0v) is 25.7. The van der Waals surface area contributed by atoms with E-state index in [9.17, 15) is 14.7 Å². The van der Waals surface area contributed by atoms with Gasteiger partial charge in [0, 0.05) is 48.1 Å². The van der Waals surface area contributed by atoms with Gasteiger partial charge in [-0.1, -0.05) is 66.4 Å². The minimum Gasteiger partial charge on any atom is -0.481 e. The molecule has 1 fully saturated rings. The fraction of sp³-hybridized carbons (Fsp3) is 0.312. The van der Waals surface area contributed by atoms with E-state index >= 15 is 0 Å². The number of carbonyl (C=O) groups is 1. The third-order valence-corrected chi connectivity index (χ3v) is 8.65. The van der Waals surface area contributed by atoms with E-state index < -0.39 is 11.5 Å². The molecule has 1 amide bonds. The second-order valence-corrected chi connectivity index (χ2v) is 11.4. The van der Waals surface area contributed by atoms with Crippen LogP contribution in [0.5, 0.6) is 5.88 Å². The second kappa shape index (κ2) is 13.3. The summed E-state index contributed by atoms with van der Waals surface area (Å²) in [6.45, 7) is 2.52. The summed E-state index contributed by atoms with van der Waals surface area (Å²) < 4.78 is 6.78. The van der Waals surface area contributed by atoms with E-state index in [0.717, 1.165) is 41.5 Å². The Labute approximate surface area is 259 Å². The first-order chi connectivity index (χ1) is 20.7. The number of ether oxygens (including phenoxy) is 1. The molecule has 3 N–H and O–H groups in total. The van der Waals surface area contributed by atoms with Gasteiger partial charge >= 0.3 is 0 Å². The SMILES string of the molecule is COc1nc(-c2cccc(-c3cccc(NC(=O)c4ccnn(C)c4=O)c3Cl)c2Cl)cc(C)c1CNC1CCCC[C@@H]1O. The maximum absolute atomic E-state index is 12.9. The number of aromatic nitrogens is 3. The van der Waals surface area contributed by atoms with Crippen LogP contribution in [0.4, 0.5) is 5.69 Å². The average molecular weight is 623 g/mol. The van der Waals surface area contributed by atoms with E-state index in [1.807, 2.05) is 37.3 Å². The summed E-state index contributed by atoms with van der Waals surface area (Å²) in [6, 6.07) is 14.2. The molecule has 1 aliphatic rings.